The van der Waals surface area contributed by atoms with E-state index in [0.717, 1.165) is 43.6 Å². The number of aryl methyl sites for hydroxylation is 2. The molecule has 0 saturated carbocycles. The summed E-state index contributed by atoms with van der Waals surface area (Å²) in [5.41, 5.74) is 4.14. The van der Waals surface area contributed by atoms with Crippen molar-refractivity contribution in [2.45, 2.75) is 11.3 Å². The van der Waals surface area contributed by atoms with Crippen molar-refractivity contribution >= 4 is 44.5 Å². The molecule has 0 aliphatic carbocycles. The van der Waals surface area contributed by atoms with Crippen LogP contribution in [-0.2, 0) is 24.2 Å². The first-order chi connectivity index (χ1) is 16.3. The third-order valence-corrected chi connectivity index (χ3v) is 7.87. The summed E-state index contributed by atoms with van der Waals surface area (Å²) in [6.45, 7) is 0.447. The Morgan fingerprint density at radius 1 is 1.15 bits per heavy atom. The lowest BCUT2D eigenvalue weighted by Crippen LogP contribution is -2.33. The molecule has 0 fully saturated rings. The molecule has 2 aromatic heterocycles. The molecule has 0 bridgehead atoms. The van der Waals surface area contributed by atoms with Gasteiger partial charge in [-0.15, -0.1) is 0 Å². The quantitative estimate of drug-likeness (QED) is 0.300. The highest BCUT2D eigenvalue weighted by molar-refractivity contribution is 8.03. The Labute approximate surface area is 203 Å². The van der Waals surface area contributed by atoms with E-state index in [4.69, 9.17) is 0 Å². The highest BCUT2D eigenvalue weighted by Crippen LogP contribution is 2.46. The Hall–Kier alpha value is -3.14. The lowest BCUT2D eigenvalue weighted by Gasteiger charge is -2.21. The second kappa shape index (κ2) is 8.90. The Bertz CT molecular complexity index is 1530. The first kappa shape index (κ1) is 22.6. The minimum Gasteiger partial charge on any atom is -0.748 e. The summed E-state index contributed by atoms with van der Waals surface area (Å²) < 4.78 is 37.7. The molecule has 2 aromatic carbocycles. The van der Waals surface area contributed by atoms with Crippen molar-refractivity contribution in [1.82, 2.24) is 9.55 Å². The number of pyridine rings is 1. The standard InChI is InChI=1S/C25H24N4O3S2/c1-27-14-12-26-25(27)22-16-18(19-8-3-4-9-20(19)28(22)2)17-24-29(13-7-15-34(30,31)32)21-10-5-6-11-23(21)33-24/h3-6,8-12,14,16-17H,7,13,15H2,1-2H3. The number of imidazole rings is 1. The molecule has 0 atom stereocenters. The van der Waals surface area contributed by atoms with Gasteiger partial charge in [-0.1, -0.05) is 36.0 Å². The first-order valence-electron chi connectivity index (χ1n) is 10.9. The van der Waals surface area contributed by atoms with Crippen LogP contribution in [0.3, 0.4) is 0 Å². The number of hydrogen-bond acceptors (Lipinski definition) is 6. The van der Waals surface area contributed by atoms with Crippen LogP contribution in [-0.4, -0.2) is 34.8 Å². The summed E-state index contributed by atoms with van der Waals surface area (Å²) in [4.78, 5) is 7.77. The van der Waals surface area contributed by atoms with Crippen LogP contribution in [0.1, 0.15) is 12.0 Å². The van der Waals surface area contributed by atoms with Crippen LogP contribution in [0.25, 0.3) is 28.5 Å². The van der Waals surface area contributed by atoms with E-state index in [9.17, 15) is 13.0 Å². The van der Waals surface area contributed by atoms with E-state index in [2.05, 4.69) is 44.8 Å². The van der Waals surface area contributed by atoms with Crippen LogP contribution in [0.15, 0.2) is 76.9 Å². The number of fused-ring (bicyclic) bond motifs is 2. The molecule has 7 nitrogen and oxygen atoms in total. The minimum atomic E-state index is -4.25. The van der Waals surface area contributed by atoms with Crippen molar-refractivity contribution in [3.63, 3.8) is 0 Å². The van der Waals surface area contributed by atoms with Gasteiger partial charge in [-0.3, -0.25) is 0 Å². The van der Waals surface area contributed by atoms with Gasteiger partial charge in [-0.25, -0.2) is 13.4 Å². The Morgan fingerprint density at radius 2 is 1.91 bits per heavy atom. The number of para-hydroxylation sites is 2. The van der Waals surface area contributed by atoms with E-state index in [1.54, 1.807) is 18.0 Å². The number of nitrogens with zero attached hydrogens (tertiary/aromatic N) is 4. The van der Waals surface area contributed by atoms with Gasteiger partial charge in [0.15, 0.2) is 0 Å². The highest BCUT2D eigenvalue weighted by atomic mass is 32.2. The molecule has 0 N–H and O–H groups in total. The number of rotatable bonds is 6. The van der Waals surface area contributed by atoms with Crippen LogP contribution < -0.4 is 9.47 Å². The van der Waals surface area contributed by atoms with Crippen molar-refractivity contribution in [2.24, 2.45) is 14.1 Å². The van der Waals surface area contributed by atoms with Crippen molar-refractivity contribution in [2.75, 3.05) is 17.2 Å². The summed E-state index contributed by atoms with van der Waals surface area (Å²) >= 11 is 1.65. The molecular formula is C25H24N4O3S2. The fourth-order valence-electron chi connectivity index (χ4n) is 4.33. The van der Waals surface area contributed by atoms with Gasteiger partial charge in [0.25, 0.3) is 0 Å². The van der Waals surface area contributed by atoms with E-state index in [-0.39, 0.29) is 12.2 Å². The highest BCUT2D eigenvalue weighted by Gasteiger charge is 2.26. The Morgan fingerprint density at radius 3 is 2.68 bits per heavy atom. The maximum absolute atomic E-state index is 11.2. The van der Waals surface area contributed by atoms with Gasteiger partial charge in [0.2, 0.25) is 17.0 Å². The van der Waals surface area contributed by atoms with Gasteiger partial charge in [0.1, 0.15) is 7.05 Å². The van der Waals surface area contributed by atoms with Crippen LogP contribution >= 0.6 is 11.8 Å². The molecule has 0 unspecified atom stereocenters. The molecule has 9 heteroatoms. The lowest BCUT2D eigenvalue weighted by molar-refractivity contribution is -0.633. The van der Waals surface area contributed by atoms with Crippen LogP contribution in [0.2, 0.25) is 0 Å². The third kappa shape index (κ3) is 4.34. The predicted octanol–water partition coefficient (Wildman–Crippen LogP) is 3.91. The van der Waals surface area contributed by atoms with Gasteiger partial charge in [-0.05, 0) is 36.3 Å². The van der Waals surface area contributed by atoms with Crippen molar-refractivity contribution in [3.8, 4) is 11.5 Å². The normalized spacial score (nSPS) is 14.8. The molecule has 34 heavy (non-hydrogen) atoms. The van der Waals surface area contributed by atoms with E-state index in [0.29, 0.717) is 6.54 Å². The van der Waals surface area contributed by atoms with E-state index in [1.807, 2.05) is 55.2 Å². The predicted molar refractivity (Wildman–Crippen MR) is 134 cm³/mol. The molecule has 4 aromatic rings. The molecule has 174 valence electrons. The number of aromatic nitrogens is 3. The fourth-order valence-corrected chi connectivity index (χ4v) is 5.95. The SMILES string of the molecule is Cn1ccnc1-c1cc(C=C2Sc3ccccc3N2CCCS(=O)(=O)[O-])c2ccccc2[n+]1C. The second-order valence-corrected chi connectivity index (χ2v) is 10.8. The number of anilines is 1. The van der Waals surface area contributed by atoms with Crippen LogP contribution in [0, 0.1) is 0 Å². The number of thioether (sulfide) groups is 1. The lowest BCUT2D eigenvalue weighted by atomic mass is 10.1. The third-order valence-electron chi connectivity index (χ3n) is 5.97. The smallest absolute Gasteiger partial charge is 0.249 e. The van der Waals surface area contributed by atoms with Crippen molar-refractivity contribution in [1.29, 1.82) is 0 Å². The van der Waals surface area contributed by atoms with Crippen LogP contribution in [0.5, 0.6) is 0 Å². The average molecular weight is 493 g/mol. The molecule has 0 radical (unpaired) electrons. The Kier molecular flexibility index (Phi) is 5.93. The van der Waals surface area contributed by atoms with E-state index >= 15 is 0 Å². The summed E-state index contributed by atoms with van der Waals surface area (Å²) in [6, 6.07) is 18.4. The maximum atomic E-state index is 11.2. The van der Waals surface area contributed by atoms with Crippen molar-refractivity contribution < 1.29 is 17.5 Å². The van der Waals surface area contributed by atoms with E-state index < -0.39 is 10.1 Å². The molecular weight excluding hydrogens is 468 g/mol. The van der Waals surface area contributed by atoms with E-state index in [1.165, 1.54) is 0 Å². The minimum absolute atomic E-state index is 0.265. The van der Waals surface area contributed by atoms with Gasteiger partial charge in [0.05, 0.1) is 26.2 Å². The monoisotopic (exact) mass is 492 g/mol. The summed E-state index contributed by atoms with van der Waals surface area (Å²) in [5, 5.41) is 2.10. The topological polar surface area (TPSA) is 82.1 Å². The molecule has 1 aliphatic heterocycles. The van der Waals surface area contributed by atoms with Gasteiger partial charge in [0, 0.05) is 48.8 Å². The van der Waals surface area contributed by atoms with Gasteiger partial charge in [-0.2, -0.15) is 4.57 Å². The summed E-state index contributed by atoms with van der Waals surface area (Å²) in [7, 11) is -0.235. The van der Waals surface area contributed by atoms with Gasteiger partial charge >= 0.3 is 0 Å². The zero-order valence-corrected chi connectivity index (χ0v) is 20.5. The molecule has 5 rings (SSSR count). The second-order valence-electron chi connectivity index (χ2n) is 8.24. The zero-order chi connectivity index (χ0) is 23.9. The summed E-state index contributed by atoms with van der Waals surface area (Å²) in [6.07, 6.45) is 6.13. The fraction of sp³-hybridized carbons (Fsp3) is 0.200. The molecule has 1 aliphatic rings. The number of hydrogen-bond donors (Lipinski definition) is 0. The van der Waals surface area contributed by atoms with Crippen LogP contribution in [0.4, 0.5) is 5.69 Å². The number of benzene rings is 2. The van der Waals surface area contributed by atoms with Gasteiger partial charge < -0.3 is 14.0 Å². The molecule has 0 amide bonds. The van der Waals surface area contributed by atoms with Crippen molar-refractivity contribution in [3.05, 3.63) is 77.6 Å². The average Bonchev–Trinajstić information content (AvgIpc) is 3.38. The molecule has 3 heterocycles. The zero-order valence-electron chi connectivity index (χ0n) is 18.9. The largest absolute Gasteiger partial charge is 0.748 e. The molecule has 0 saturated heterocycles. The maximum Gasteiger partial charge on any atom is 0.249 e. The summed E-state index contributed by atoms with van der Waals surface area (Å²) in [5.74, 6) is 0.490. The Balaban J connectivity index is 1.63. The molecule has 0 spiro atoms. The first-order valence-corrected chi connectivity index (χ1v) is 13.3.